The quantitative estimate of drug-likeness (QED) is 0.303. The van der Waals surface area contributed by atoms with Gasteiger partial charge in [-0.25, -0.2) is 0 Å². The lowest BCUT2D eigenvalue weighted by Crippen LogP contribution is -2.39. The van der Waals surface area contributed by atoms with Gasteiger partial charge in [0.05, 0.1) is 31.8 Å². The highest BCUT2D eigenvalue weighted by Crippen LogP contribution is 2.34. The maximum Gasteiger partial charge on any atom is 0.263 e. The number of nitrogens with zero attached hydrogens (tertiary/aromatic N) is 2. The molecule has 1 aliphatic heterocycles. The van der Waals surface area contributed by atoms with Crippen molar-refractivity contribution in [2.24, 2.45) is 5.92 Å². The van der Waals surface area contributed by atoms with Gasteiger partial charge >= 0.3 is 0 Å². The number of likely N-dealkylation sites (tertiary alicyclic amines) is 1. The number of rotatable bonds is 8. The molecule has 0 unspecified atom stereocenters. The lowest BCUT2D eigenvalue weighted by Gasteiger charge is -2.32. The molecule has 3 aromatic carbocycles. The predicted octanol–water partition coefficient (Wildman–Crippen LogP) is 5.50. The first kappa shape index (κ1) is 26.4. The normalized spacial score (nSPS) is 13.9. The fourth-order valence-electron chi connectivity index (χ4n) is 5.36. The molecular weight excluding hydrogens is 492 g/mol. The Morgan fingerprint density at radius 3 is 2.15 bits per heavy atom. The van der Waals surface area contributed by atoms with E-state index in [1.807, 2.05) is 42.2 Å². The molecule has 1 aromatic heterocycles. The van der Waals surface area contributed by atoms with Crippen molar-refractivity contribution in [1.29, 1.82) is 0 Å². The van der Waals surface area contributed by atoms with E-state index in [1.165, 1.54) is 17.2 Å². The van der Waals surface area contributed by atoms with Gasteiger partial charge < -0.3 is 19.1 Å². The van der Waals surface area contributed by atoms with Gasteiger partial charge in [0.2, 0.25) is 0 Å². The van der Waals surface area contributed by atoms with Crippen molar-refractivity contribution in [1.82, 2.24) is 9.47 Å². The third-order valence-corrected chi connectivity index (χ3v) is 7.45. The van der Waals surface area contributed by atoms with Gasteiger partial charge in [0.25, 0.3) is 11.5 Å². The molecule has 1 saturated heterocycles. The summed E-state index contributed by atoms with van der Waals surface area (Å²) in [6.45, 7) is 3.82. The summed E-state index contributed by atoms with van der Waals surface area (Å²) < 4.78 is 18.1. The van der Waals surface area contributed by atoms with Crippen LogP contribution in [-0.2, 0) is 6.42 Å². The SMILES string of the molecule is CCOc1ccc(-n2cc(C(=O)N3CCC(Cc4ccccc4)CC3)c3cc(OC)c(OC)cc3c2=O)cc1. The monoisotopic (exact) mass is 526 g/mol. The van der Waals surface area contributed by atoms with Crippen molar-refractivity contribution < 1.29 is 19.0 Å². The Balaban J connectivity index is 1.51. The van der Waals surface area contributed by atoms with Gasteiger partial charge in [-0.3, -0.25) is 14.2 Å². The van der Waals surface area contributed by atoms with Crippen molar-refractivity contribution in [3.63, 3.8) is 0 Å². The number of hydrogen-bond donors (Lipinski definition) is 0. The number of aromatic nitrogens is 1. The number of piperidine rings is 1. The molecule has 1 fully saturated rings. The number of hydrogen-bond acceptors (Lipinski definition) is 5. The molecule has 0 spiro atoms. The zero-order valence-corrected chi connectivity index (χ0v) is 22.7. The first-order valence-corrected chi connectivity index (χ1v) is 13.4. The van der Waals surface area contributed by atoms with E-state index in [2.05, 4.69) is 24.3 Å². The number of amides is 1. The molecule has 5 rings (SSSR count). The van der Waals surface area contributed by atoms with E-state index in [-0.39, 0.29) is 11.5 Å². The number of methoxy groups -OCH3 is 2. The van der Waals surface area contributed by atoms with Crippen LogP contribution in [0.25, 0.3) is 16.5 Å². The van der Waals surface area contributed by atoms with E-state index >= 15 is 0 Å². The highest BCUT2D eigenvalue weighted by molar-refractivity contribution is 6.07. The van der Waals surface area contributed by atoms with E-state index in [9.17, 15) is 9.59 Å². The van der Waals surface area contributed by atoms with Crippen LogP contribution in [0.5, 0.6) is 17.2 Å². The second-order valence-electron chi connectivity index (χ2n) is 9.82. The molecular formula is C32H34N2O5. The summed E-state index contributed by atoms with van der Waals surface area (Å²) in [6.07, 6.45) is 4.55. The first-order valence-electron chi connectivity index (χ1n) is 13.4. The summed E-state index contributed by atoms with van der Waals surface area (Å²) in [7, 11) is 3.08. The molecule has 1 amide bonds. The lowest BCUT2D eigenvalue weighted by molar-refractivity contribution is 0.0692. The predicted molar refractivity (Wildman–Crippen MR) is 153 cm³/mol. The van der Waals surface area contributed by atoms with Crippen molar-refractivity contribution in [3.8, 4) is 22.9 Å². The zero-order valence-electron chi connectivity index (χ0n) is 22.7. The topological polar surface area (TPSA) is 70.0 Å². The van der Waals surface area contributed by atoms with Crippen LogP contribution in [0.4, 0.5) is 0 Å². The molecule has 2 heterocycles. The van der Waals surface area contributed by atoms with Crippen LogP contribution in [0.2, 0.25) is 0 Å². The second-order valence-corrected chi connectivity index (χ2v) is 9.82. The first-order chi connectivity index (χ1) is 19.0. The summed E-state index contributed by atoms with van der Waals surface area (Å²) in [5.41, 5.74) is 2.20. The summed E-state index contributed by atoms with van der Waals surface area (Å²) in [4.78, 5) is 29.6. The fourth-order valence-corrected chi connectivity index (χ4v) is 5.36. The minimum atomic E-state index is -0.242. The molecule has 39 heavy (non-hydrogen) atoms. The standard InChI is InChI=1S/C32H34N2O5/c1-4-39-25-12-10-24(11-13-25)34-21-28(26-19-29(37-2)30(38-3)20-27(26)32(34)36)31(35)33-16-14-23(15-17-33)18-22-8-6-5-7-9-22/h5-13,19-21,23H,4,14-18H2,1-3H3. The fraction of sp³-hybridized carbons (Fsp3) is 0.312. The molecule has 0 radical (unpaired) electrons. The van der Waals surface area contributed by atoms with Crippen LogP contribution in [0, 0.1) is 5.92 Å². The minimum Gasteiger partial charge on any atom is -0.494 e. The maximum absolute atomic E-state index is 14.0. The molecule has 0 N–H and O–H groups in total. The number of carbonyl (C=O) groups excluding carboxylic acids is 1. The second kappa shape index (κ2) is 11.6. The Morgan fingerprint density at radius 2 is 1.54 bits per heavy atom. The van der Waals surface area contributed by atoms with Crippen LogP contribution in [0.1, 0.15) is 35.7 Å². The van der Waals surface area contributed by atoms with Crippen molar-refractivity contribution in [2.45, 2.75) is 26.2 Å². The van der Waals surface area contributed by atoms with Gasteiger partial charge in [-0.1, -0.05) is 30.3 Å². The summed E-state index contributed by atoms with van der Waals surface area (Å²) in [5, 5.41) is 0.947. The highest BCUT2D eigenvalue weighted by atomic mass is 16.5. The van der Waals surface area contributed by atoms with Crippen LogP contribution in [0.15, 0.2) is 77.7 Å². The summed E-state index contributed by atoms with van der Waals surface area (Å²) in [6, 6.07) is 21.2. The van der Waals surface area contributed by atoms with E-state index in [0.717, 1.165) is 25.0 Å². The third kappa shape index (κ3) is 5.48. The van der Waals surface area contributed by atoms with E-state index in [1.54, 1.807) is 25.4 Å². The van der Waals surface area contributed by atoms with E-state index in [0.29, 0.717) is 59.1 Å². The summed E-state index contributed by atoms with van der Waals surface area (Å²) in [5.74, 6) is 2.07. The molecule has 0 saturated carbocycles. The van der Waals surface area contributed by atoms with Crippen molar-refractivity contribution >= 4 is 16.7 Å². The number of benzene rings is 3. The van der Waals surface area contributed by atoms with Crippen molar-refractivity contribution in [2.75, 3.05) is 33.9 Å². The maximum atomic E-state index is 14.0. The van der Waals surface area contributed by atoms with Crippen LogP contribution < -0.4 is 19.8 Å². The Labute approximate surface area is 228 Å². The Hall–Kier alpha value is -4.26. The Morgan fingerprint density at radius 1 is 0.897 bits per heavy atom. The zero-order chi connectivity index (χ0) is 27.4. The van der Waals surface area contributed by atoms with E-state index < -0.39 is 0 Å². The molecule has 1 aliphatic rings. The average molecular weight is 527 g/mol. The van der Waals surface area contributed by atoms with Crippen LogP contribution in [-0.4, -0.2) is 49.3 Å². The number of carbonyl (C=O) groups is 1. The molecule has 7 heteroatoms. The Bertz CT molecular complexity index is 1500. The molecule has 7 nitrogen and oxygen atoms in total. The number of pyridine rings is 1. The van der Waals surface area contributed by atoms with Crippen LogP contribution in [0.3, 0.4) is 0 Å². The van der Waals surface area contributed by atoms with Gasteiger partial charge in [0, 0.05) is 30.4 Å². The van der Waals surface area contributed by atoms with Crippen molar-refractivity contribution in [3.05, 3.63) is 94.4 Å². The van der Waals surface area contributed by atoms with E-state index in [4.69, 9.17) is 14.2 Å². The van der Waals surface area contributed by atoms with Gasteiger partial charge in [-0.2, -0.15) is 0 Å². The van der Waals surface area contributed by atoms with Gasteiger partial charge in [-0.15, -0.1) is 0 Å². The smallest absolute Gasteiger partial charge is 0.263 e. The molecule has 4 aromatic rings. The lowest BCUT2D eigenvalue weighted by atomic mass is 9.90. The molecule has 202 valence electrons. The number of ether oxygens (including phenoxy) is 3. The molecule has 0 aliphatic carbocycles. The summed E-state index contributed by atoms with van der Waals surface area (Å²) >= 11 is 0. The van der Waals surface area contributed by atoms with Gasteiger partial charge in [-0.05, 0) is 74.1 Å². The van der Waals surface area contributed by atoms with Gasteiger partial charge in [0.15, 0.2) is 11.5 Å². The highest BCUT2D eigenvalue weighted by Gasteiger charge is 2.27. The third-order valence-electron chi connectivity index (χ3n) is 7.45. The largest absolute Gasteiger partial charge is 0.494 e. The minimum absolute atomic E-state index is 0.0925. The molecule has 0 bridgehead atoms. The average Bonchev–Trinajstić information content (AvgIpc) is 2.98. The van der Waals surface area contributed by atoms with Gasteiger partial charge in [0.1, 0.15) is 5.75 Å². The molecule has 0 atom stereocenters. The van der Waals surface area contributed by atoms with Crippen LogP contribution >= 0.6 is 0 Å². The number of fused-ring (bicyclic) bond motifs is 1. The Kier molecular flexibility index (Phi) is 7.87.